The predicted molar refractivity (Wildman–Crippen MR) is 32.8 cm³/mol. The number of hydrogen-bond acceptors (Lipinski definition) is 4. The molecule has 1 aromatic rings. The maximum atomic E-state index is 8.47. The summed E-state index contributed by atoms with van der Waals surface area (Å²) in [6, 6.07) is 1.89. The van der Waals surface area contributed by atoms with Gasteiger partial charge in [0, 0.05) is 0 Å². The molecule has 0 fully saturated rings. The van der Waals surface area contributed by atoms with Gasteiger partial charge in [0.25, 0.3) is 0 Å². The van der Waals surface area contributed by atoms with Crippen molar-refractivity contribution < 1.29 is 0 Å². The van der Waals surface area contributed by atoms with Gasteiger partial charge >= 0.3 is 0 Å². The van der Waals surface area contributed by atoms with Crippen molar-refractivity contribution in [3.8, 4) is 6.07 Å². The Morgan fingerprint density at radius 1 is 1.80 bits per heavy atom. The Balaban J connectivity index is 3.29. The number of hydrogen-bond donors (Lipinski definition) is 2. The first-order valence-corrected chi connectivity index (χ1v) is 2.62. The van der Waals surface area contributed by atoms with E-state index in [9.17, 15) is 0 Å². The van der Waals surface area contributed by atoms with Crippen molar-refractivity contribution in [3.63, 3.8) is 0 Å². The summed E-state index contributed by atoms with van der Waals surface area (Å²) in [4.78, 5) is 0. The highest BCUT2D eigenvalue weighted by atomic mass is 15.2. The third-order valence-corrected chi connectivity index (χ3v) is 1.15. The van der Waals surface area contributed by atoms with Crippen molar-refractivity contribution >= 4 is 5.82 Å². The Kier molecular flexibility index (Phi) is 1.46. The molecule has 0 unspecified atom stereocenters. The molecule has 1 rings (SSSR count). The number of aromatic nitrogens is 2. The van der Waals surface area contributed by atoms with Crippen LogP contribution in [0.5, 0.6) is 0 Å². The monoisotopic (exact) mass is 135 g/mol. The van der Waals surface area contributed by atoms with Gasteiger partial charge in [-0.3, -0.25) is 5.10 Å². The van der Waals surface area contributed by atoms with Crippen LogP contribution in [-0.4, -0.2) is 10.2 Å². The molecule has 1 heterocycles. The van der Waals surface area contributed by atoms with Gasteiger partial charge < -0.3 is 0 Å². The van der Waals surface area contributed by atoms with Gasteiger partial charge in [-0.25, -0.2) is 5.53 Å². The van der Waals surface area contributed by atoms with E-state index in [4.69, 9.17) is 10.8 Å². The largest absolute Gasteiger partial charge is 0.279 e. The van der Waals surface area contributed by atoms with E-state index < -0.39 is 0 Å². The first-order chi connectivity index (χ1) is 4.79. The van der Waals surface area contributed by atoms with Gasteiger partial charge in [-0.2, -0.15) is 10.4 Å². The smallest absolute Gasteiger partial charge is 0.212 e. The average Bonchev–Trinajstić information content (AvgIpc) is 2.30. The SMILES string of the molecule is Cc1[nH]nc(N=N)c1C#N. The van der Waals surface area contributed by atoms with Crippen molar-refractivity contribution in [1.82, 2.24) is 10.2 Å². The third kappa shape index (κ3) is 0.756. The normalized spacial score (nSPS) is 8.80. The zero-order chi connectivity index (χ0) is 7.56. The second kappa shape index (κ2) is 2.27. The van der Waals surface area contributed by atoms with E-state index in [0.29, 0.717) is 11.3 Å². The summed E-state index contributed by atoms with van der Waals surface area (Å²) in [5.74, 6) is 0.153. The molecule has 50 valence electrons. The summed E-state index contributed by atoms with van der Waals surface area (Å²) in [7, 11) is 0. The zero-order valence-electron chi connectivity index (χ0n) is 5.34. The lowest BCUT2D eigenvalue weighted by Crippen LogP contribution is -1.73. The standard InChI is InChI=1S/C5H5N5/c1-3-4(2-6)5(8-7)10-9-3/h7H,1H3,(H,9,10). The number of H-pyrrole nitrogens is 1. The molecular formula is C5H5N5. The van der Waals surface area contributed by atoms with Gasteiger partial charge in [-0.05, 0) is 6.92 Å². The lowest BCUT2D eigenvalue weighted by atomic mass is 10.3. The highest BCUT2D eigenvalue weighted by Crippen LogP contribution is 2.16. The molecule has 1 aromatic heterocycles. The molecule has 0 spiro atoms. The minimum atomic E-state index is 0.153. The molecule has 0 aliphatic heterocycles. The Bertz CT molecular complexity index is 291. The third-order valence-electron chi connectivity index (χ3n) is 1.15. The molecule has 0 aromatic carbocycles. The molecule has 0 aliphatic carbocycles. The molecule has 0 saturated heterocycles. The highest BCUT2D eigenvalue weighted by Gasteiger charge is 2.06. The summed E-state index contributed by atoms with van der Waals surface area (Å²) in [5, 5.41) is 17.7. The van der Waals surface area contributed by atoms with Crippen LogP contribution in [-0.2, 0) is 0 Å². The maximum Gasteiger partial charge on any atom is 0.212 e. The highest BCUT2D eigenvalue weighted by molar-refractivity contribution is 5.49. The summed E-state index contributed by atoms with van der Waals surface area (Å²) < 4.78 is 0. The van der Waals surface area contributed by atoms with Crippen molar-refractivity contribution in [1.29, 1.82) is 10.8 Å². The van der Waals surface area contributed by atoms with Gasteiger partial charge in [0.2, 0.25) is 5.82 Å². The van der Waals surface area contributed by atoms with E-state index in [-0.39, 0.29) is 5.82 Å². The second-order valence-corrected chi connectivity index (χ2v) is 1.77. The van der Waals surface area contributed by atoms with Gasteiger partial charge in [-0.1, -0.05) is 0 Å². The average molecular weight is 135 g/mol. The van der Waals surface area contributed by atoms with E-state index in [1.54, 1.807) is 6.92 Å². The summed E-state index contributed by atoms with van der Waals surface area (Å²) >= 11 is 0. The first-order valence-electron chi connectivity index (χ1n) is 2.62. The maximum absolute atomic E-state index is 8.47. The van der Waals surface area contributed by atoms with Crippen molar-refractivity contribution in [3.05, 3.63) is 11.3 Å². The quantitative estimate of drug-likeness (QED) is 0.567. The van der Waals surface area contributed by atoms with E-state index in [0.717, 1.165) is 0 Å². The van der Waals surface area contributed by atoms with Crippen LogP contribution in [0.15, 0.2) is 5.11 Å². The van der Waals surface area contributed by atoms with Crippen LogP contribution in [0.1, 0.15) is 11.3 Å². The number of nitriles is 1. The van der Waals surface area contributed by atoms with Crippen LogP contribution in [0, 0.1) is 23.8 Å². The van der Waals surface area contributed by atoms with E-state index in [1.165, 1.54) is 0 Å². The molecular weight excluding hydrogens is 130 g/mol. The molecule has 2 N–H and O–H groups in total. The predicted octanol–water partition coefficient (Wildman–Crippen LogP) is 1.25. The Morgan fingerprint density at radius 3 is 2.90 bits per heavy atom. The van der Waals surface area contributed by atoms with E-state index in [2.05, 4.69) is 15.3 Å². The minimum Gasteiger partial charge on any atom is -0.279 e. The topological polar surface area (TPSA) is 88.7 Å². The van der Waals surface area contributed by atoms with E-state index in [1.807, 2.05) is 6.07 Å². The first kappa shape index (κ1) is 6.42. The number of rotatable bonds is 1. The summed E-state index contributed by atoms with van der Waals surface area (Å²) in [5.41, 5.74) is 7.58. The van der Waals surface area contributed by atoms with Crippen LogP contribution in [0.2, 0.25) is 0 Å². The molecule has 0 saturated carbocycles. The molecule has 5 nitrogen and oxygen atoms in total. The molecule has 0 radical (unpaired) electrons. The second-order valence-electron chi connectivity index (χ2n) is 1.77. The van der Waals surface area contributed by atoms with E-state index >= 15 is 0 Å². The number of aryl methyl sites for hydroxylation is 1. The molecule has 0 aliphatic rings. The van der Waals surface area contributed by atoms with Crippen molar-refractivity contribution in [2.75, 3.05) is 0 Å². The van der Waals surface area contributed by atoms with Crippen LogP contribution < -0.4 is 0 Å². The Morgan fingerprint density at radius 2 is 2.50 bits per heavy atom. The fraction of sp³-hybridized carbons (Fsp3) is 0.200. The Hall–Kier alpha value is -1.70. The molecule has 0 bridgehead atoms. The fourth-order valence-corrected chi connectivity index (χ4v) is 0.631. The van der Waals surface area contributed by atoms with Gasteiger partial charge in [0.15, 0.2) is 0 Å². The van der Waals surface area contributed by atoms with Crippen molar-refractivity contribution in [2.24, 2.45) is 5.11 Å². The Labute approximate surface area is 57.2 Å². The van der Waals surface area contributed by atoms with Crippen LogP contribution in [0.3, 0.4) is 0 Å². The van der Waals surface area contributed by atoms with Crippen LogP contribution in [0.25, 0.3) is 0 Å². The molecule has 0 atom stereocenters. The lowest BCUT2D eigenvalue weighted by Gasteiger charge is -1.80. The van der Waals surface area contributed by atoms with Crippen molar-refractivity contribution in [2.45, 2.75) is 6.92 Å². The number of aromatic amines is 1. The van der Waals surface area contributed by atoms with Gasteiger partial charge in [-0.15, -0.1) is 5.11 Å². The van der Waals surface area contributed by atoms with Gasteiger partial charge in [0.1, 0.15) is 11.6 Å². The molecule has 0 amide bonds. The van der Waals surface area contributed by atoms with Crippen LogP contribution in [0.4, 0.5) is 5.82 Å². The summed E-state index contributed by atoms with van der Waals surface area (Å²) in [6.07, 6.45) is 0. The van der Waals surface area contributed by atoms with Crippen LogP contribution >= 0.6 is 0 Å². The lowest BCUT2D eigenvalue weighted by molar-refractivity contribution is 1.01. The minimum absolute atomic E-state index is 0.153. The fourth-order valence-electron chi connectivity index (χ4n) is 0.631. The molecule has 5 heteroatoms. The number of nitrogens with one attached hydrogen (secondary N) is 2. The summed E-state index contributed by atoms with van der Waals surface area (Å²) in [6.45, 7) is 1.71. The van der Waals surface area contributed by atoms with Gasteiger partial charge in [0.05, 0.1) is 5.69 Å². The molecule has 10 heavy (non-hydrogen) atoms. The number of nitrogens with zero attached hydrogens (tertiary/aromatic N) is 3. The zero-order valence-corrected chi connectivity index (χ0v) is 5.34.